The summed E-state index contributed by atoms with van der Waals surface area (Å²) in [4.78, 5) is 1.20. The number of rotatable bonds is 5. The van der Waals surface area contributed by atoms with Gasteiger partial charge in [-0.3, -0.25) is 0 Å². The third-order valence-electron chi connectivity index (χ3n) is 2.09. The number of benzene rings is 1. The van der Waals surface area contributed by atoms with Crippen molar-refractivity contribution >= 4 is 11.8 Å². The van der Waals surface area contributed by atoms with Crippen molar-refractivity contribution in [1.82, 2.24) is 0 Å². The Hall–Kier alpha value is -1.09. The Morgan fingerprint density at radius 1 is 1.50 bits per heavy atom. The summed E-state index contributed by atoms with van der Waals surface area (Å²) in [5.41, 5.74) is 6.85. The molecule has 1 aromatic rings. The first-order valence-corrected chi connectivity index (χ1v) is 6.24. The molecule has 0 aliphatic rings. The van der Waals surface area contributed by atoms with Crippen molar-refractivity contribution in [1.29, 1.82) is 0 Å². The standard InChI is InChI=1S/C13H19NOS/c1-10(2)16-13(9-14)8-11-5-4-6-12(7-11)15-3/h4-7,9-10H,8,14H2,1-3H3/b13-9-. The highest BCUT2D eigenvalue weighted by molar-refractivity contribution is 8.03. The Kier molecular flexibility index (Phi) is 5.26. The van der Waals surface area contributed by atoms with Crippen molar-refractivity contribution < 1.29 is 4.74 Å². The second-order valence-corrected chi connectivity index (χ2v) is 5.53. The molecule has 0 saturated carbocycles. The maximum Gasteiger partial charge on any atom is 0.119 e. The van der Waals surface area contributed by atoms with Gasteiger partial charge in [0.25, 0.3) is 0 Å². The van der Waals surface area contributed by atoms with E-state index in [-0.39, 0.29) is 0 Å². The zero-order chi connectivity index (χ0) is 12.0. The van der Waals surface area contributed by atoms with Crippen molar-refractivity contribution in [2.24, 2.45) is 5.73 Å². The molecule has 0 amide bonds. The number of thioether (sulfide) groups is 1. The van der Waals surface area contributed by atoms with E-state index in [1.807, 2.05) is 18.2 Å². The number of hydrogen-bond acceptors (Lipinski definition) is 3. The van der Waals surface area contributed by atoms with Crippen LogP contribution in [0.25, 0.3) is 0 Å². The minimum Gasteiger partial charge on any atom is -0.497 e. The van der Waals surface area contributed by atoms with E-state index < -0.39 is 0 Å². The van der Waals surface area contributed by atoms with Crippen molar-refractivity contribution in [2.75, 3.05) is 7.11 Å². The Balaban J connectivity index is 2.70. The van der Waals surface area contributed by atoms with Crippen LogP contribution >= 0.6 is 11.8 Å². The zero-order valence-electron chi connectivity index (χ0n) is 10.1. The van der Waals surface area contributed by atoms with Gasteiger partial charge >= 0.3 is 0 Å². The van der Waals surface area contributed by atoms with Crippen LogP contribution in [0.5, 0.6) is 5.75 Å². The molecule has 0 aliphatic carbocycles. The average Bonchev–Trinajstić information content (AvgIpc) is 2.28. The predicted molar refractivity (Wildman–Crippen MR) is 71.7 cm³/mol. The molecule has 3 heteroatoms. The number of hydrogen-bond donors (Lipinski definition) is 1. The first kappa shape index (κ1) is 13.0. The fraction of sp³-hybridized carbons (Fsp3) is 0.385. The van der Waals surface area contributed by atoms with Gasteiger partial charge in [-0.05, 0) is 17.7 Å². The summed E-state index contributed by atoms with van der Waals surface area (Å²) in [6.07, 6.45) is 2.57. The molecule has 0 fully saturated rings. The van der Waals surface area contributed by atoms with Crippen LogP contribution < -0.4 is 10.5 Å². The Morgan fingerprint density at radius 2 is 2.25 bits per heavy atom. The lowest BCUT2D eigenvalue weighted by Gasteiger charge is -2.10. The molecule has 0 unspecified atom stereocenters. The molecule has 0 saturated heterocycles. The van der Waals surface area contributed by atoms with E-state index >= 15 is 0 Å². The van der Waals surface area contributed by atoms with Crippen LogP contribution in [-0.2, 0) is 6.42 Å². The van der Waals surface area contributed by atoms with E-state index in [2.05, 4.69) is 19.9 Å². The van der Waals surface area contributed by atoms with Gasteiger partial charge in [0, 0.05) is 22.8 Å². The lowest BCUT2D eigenvalue weighted by atomic mass is 10.1. The lowest BCUT2D eigenvalue weighted by Crippen LogP contribution is -1.96. The van der Waals surface area contributed by atoms with E-state index in [4.69, 9.17) is 10.5 Å². The fourth-order valence-electron chi connectivity index (χ4n) is 1.43. The van der Waals surface area contributed by atoms with Crippen LogP contribution in [0.4, 0.5) is 0 Å². The van der Waals surface area contributed by atoms with Crippen LogP contribution in [0.2, 0.25) is 0 Å². The summed E-state index contributed by atoms with van der Waals surface area (Å²) in [7, 11) is 1.68. The van der Waals surface area contributed by atoms with E-state index in [0.29, 0.717) is 5.25 Å². The molecule has 2 N–H and O–H groups in total. The number of allylic oxidation sites excluding steroid dienone is 1. The summed E-state index contributed by atoms with van der Waals surface area (Å²) in [6.45, 7) is 4.33. The molecule has 0 spiro atoms. The molecular weight excluding hydrogens is 218 g/mol. The van der Waals surface area contributed by atoms with Crippen LogP contribution in [0.3, 0.4) is 0 Å². The highest BCUT2D eigenvalue weighted by Gasteiger charge is 2.04. The van der Waals surface area contributed by atoms with Crippen LogP contribution in [0, 0.1) is 0 Å². The minimum atomic E-state index is 0.556. The summed E-state index contributed by atoms with van der Waals surface area (Å²) in [6, 6.07) is 8.09. The monoisotopic (exact) mass is 237 g/mol. The van der Waals surface area contributed by atoms with Gasteiger partial charge in [-0.25, -0.2) is 0 Å². The number of ether oxygens (including phenoxy) is 1. The molecule has 2 nitrogen and oxygen atoms in total. The van der Waals surface area contributed by atoms with E-state index in [1.165, 1.54) is 10.5 Å². The summed E-state index contributed by atoms with van der Waals surface area (Å²) in [5.74, 6) is 0.892. The van der Waals surface area contributed by atoms with Crippen molar-refractivity contribution in [3.8, 4) is 5.75 Å². The fourth-order valence-corrected chi connectivity index (χ4v) is 2.36. The van der Waals surface area contributed by atoms with Gasteiger partial charge in [0.1, 0.15) is 5.75 Å². The minimum absolute atomic E-state index is 0.556. The van der Waals surface area contributed by atoms with Gasteiger partial charge in [0.2, 0.25) is 0 Å². The van der Waals surface area contributed by atoms with Gasteiger partial charge < -0.3 is 10.5 Å². The van der Waals surface area contributed by atoms with Gasteiger partial charge in [0.15, 0.2) is 0 Å². The third-order valence-corrected chi connectivity index (χ3v) is 3.14. The largest absolute Gasteiger partial charge is 0.497 e. The van der Waals surface area contributed by atoms with Gasteiger partial charge in [-0.15, -0.1) is 11.8 Å². The first-order valence-electron chi connectivity index (χ1n) is 5.36. The summed E-state index contributed by atoms with van der Waals surface area (Å²) in [5, 5.41) is 0.556. The van der Waals surface area contributed by atoms with E-state index in [9.17, 15) is 0 Å². The average molecular weight is 237 g/mol. The zero-order valence-corrected chi connectivity index (χ0v) is 10.9. The Labute approximate surface area is 102 Å². The molecule has 0 atom stereocenters. The lowest BCUT2D eigenvalue weighted by molar-refractivity contribution is 0.414. The Bertz CT molecular complexity index is 361. The molecule has 0 aliphatic heterocycles. The van der Waals surface area contributed by atoms with Crippen molar-refractivity contribution in [2.45, 2.75) is 25.5 Å². The van der Waals surface area contributed by atoms with Gasteiger partial charge in [-0.2, -0.15) is 0 Å². The smallest absolute Gasteiger partial charge is 0.119 e. The van der Waals surface area contributed by atoms with Gasteiger partial charge in [-0.1, -0.05) is 26.0 Å². The number of methoxy groups -OCH3 is 1. The second kappa shape index (κ2) is 6.48. The Morgan fingerprint density at radius 3 is 2.81 bits per heavy atom. The highest BCUT2D eigenvalue weighted by Crippen LogP contribution is 2.25. The maximum absolute atomic E-state index is 5.63. The van der Waals surface area contributed by atoms with E-state index in [0.717, 1.165) is 12.2 Å². The molecular formula is C13H19NOS. The van der Waals surface area contributed by atoms with Crippen molar-refractivity contribution in [3.05, 3.63) is 40.9 Å². The molecule has 0 aromatic heterocycles. The molecule has 0 radical (unpaired) electrons. The molecule has 1 aromatic carbocycles. The quantitative estimate of drug-likeness (QED) is 0.854. The summed E-state index contributed by atoms with van der Waals surface area (Å²) >= 11 is 1.80. The summed E-state index contributed by atoms with van der Waals surface area (Å²) < 4.78 is 5.19. The molecule has 88 valence electrons. The second-order valence-electron chi connectivity index (χ2n) is 3.83. The molecule has 0 heterocycles. The molecule has 0 bridgehead atoms. The van der Waals surface area contributed by atoms with Gasteiger partial charge in [0.05, 0.1) is 7.11 Å². The maximum atomic E-state index is 5.63. The third kappa shape index (κ3) is 4.19. The van der Waals surface area contributed by atoms with E-state index in [1.54, 1.807) is 25.1 Å². The number of nitrogens with two attached hydrogens (primary N) is 1. The topological polar surface area (TPSA) is 35.2 Å². The van der Waals surface area contributed by atoms with Crippen molar-refractivity contribution in [3.63, 3.8) is 0 Å². The van der Waals surface area contributed by atoms with Crippen LogP contribution in [0.1, 0.15) is 19.4 Å². The highest BCUT2D eigenvalue weighted by atomic mass is 32.2. The SMILES string of the molecule is COc1cccc(C/C(=C/N)SC(C)C)c1. The first-order chi connectivity index (χ1) is 7.65. The normalized spacial score (nSPS) is 11.9. The molecule has 16 heavy (non-hydrogen) atoms. The van der Waals surface area contributed by atoms with Crippen LogP contribution in [0.15, 0.2) is 35.4 Å². The predicted octanol–water partition coefficient (Wildman–Crippen LogP) is 3.18. The van der Waals surface area contributed by atoms with Crippen LogP contribution in [-0.4, -0.2) is 12.4 Å². The molecule has 1 rings (SSSR count).